The second-order valence-electron chi connectivity index (χ2n) is 5.88. The van der Waals surface area contributed by atoms with Gasteiger partial charge in [-0.15, -0.1) is 11.6 Å². The Kier molecular flexibility index (Phi) is 5.08. The Labute approximate surface area is 108 Å². The van der Waals surface area contributed by atoms with E-state index in [1.165, 1.54) is 25.7 Å². The van der Waals surface area contributed by atoms with Crippen LogP contribution in [0.15, 0.2) is 0 Å². The molecule has 2 rings (SSSR count). The van der Waals surface area contributed by atoms with Crippen molar-refractivity contribution in [1.82, 2.24) is 0 Å². The Hall–Kier alpha value is 0.150. The van der Waals surface area contributed by atoms with Crippen LogP contribution in [0.5, 0.6) is 0 Å². The largest absolute Gasteiger partial charge is 0.241 e. The van der Waals surface area contributed by atoms with Crippen molar-refractivity contribution in [3.63, 3.8) is 0 Å². The van der Waals surface area contributed by atoms with Gasteiger partial charge in [-0.1, -0.05) is 25.7 Å². The molecular weight excluding hydrogens is 242 g/mol. The summed E-state index contributed by atoms with van der Waals surface area (Å²) in [7, 11) is 0. The third kappa shape index (κ3) is 3.33. The second kappa shape index (κ2) is 6.36. The van der Waals surface area contributed by atoms with E-state index < -0.39 is 6.43 Å². The second-order valence-corrected chi connectivity index (χ2v) is 6.19. The van der Waals surface area contributed by atoms with E-state index in [1.807, 2.05) is 0 Å². The summed E-state index contributed by atoms with van der Waals surface area (Å²) >= 11 is 6.05. The monoisotopic (exact) mass is 264 g/mol. The minimum absolute atomic E-state index is 0.341. The Morgan fingerprint density at radius 2 is 1.76 bits per heavy atom. The summed E-state index contributed by atoms with van der Waals surface area (Å²) < 4.78 is 25.6. The quantitative estimate of drug-likeness (QED) is 0.622. The van der Waals surface area contributed by atoms with Crippen molar-refractivity contribution in [2.75, 3.05) is 5.88 Å². The van der Waals surface area contributed by atoms with Crippen LogP contribution >= 0.6 is 11.6 Å². The van der Waals surface area contributed by atoms with Gasteiger partial charge in [0.15, 0.2) is 0 Å². The third-order valence-corrected chi connectivity index (χ3v) is 5.28. The van der Waals surface area contributed by atoms with E-state index in [0.717, 1.165) is 31.6 Å². The number of rotatable bonds is 3. The first kappa shape index (κ1) is 13.6. The van der Waals surface area contributed by atoms with Gasteiger partial charge in [0.1, 0.15) is 0 Å². The van der Waals surface area contributed by atoms with Gasteiger partial charge < -0.3 is 0 Å². The van der Waals surface area contributed by atoms with Gasteiger partial charge in [-0.3, -0.25) is 0 Å². The van der Waals surface area contributed by atoms with E-state index >= 15 is 0 Å². The minimum Gasteiger partial charge on any atom is -0.210 e. The lowest BCUT2D eigenvalue weighted by atomic mass is 9.66. The van der Waals surface area contributed by atoms with Gasteiger partial charge in [-0.05, 0) is 43.4 Å². The van der Waals surface area contributed by atoms with Crippen molar-refractivity contribution in [3.8, 4) is 0 Å². The number of halogens is 3. The third-order valence-electron chi connectivity index (χ3n) is 4.88. The summed E-state index contributed by atoms with van der Waals surface area (Å²) in [5.41, 5.74) is 0. The molecule has 2 saturated carbocycles. The van der Waals surface area contributed by atoms with Crippen LogP contribution in [0.3, 0.4) is 0 Å². The molecule has 3 heteroatoms. The maximum Gasteiger partial charge on any atom is 0.241 e. The Balaban J connectivity index is 1.95. The fraction of sp³-hybridized carbons (Fsp3) is 1.00. The molecule has 17 heavy (non-hydrogen) atoms. The normalized spacial score (nSPS) is 39.5. The molecule has 0 amide bonds. The fourth-order valence-corrected chi connectivity index (χ4v) is 4.32. The van der Waals surface area contributed by atoms with Gasteiger partial charge in [-0.2, -0.15) is 0 Å². The van der Waals surface area contributed by atoms with Crippen LogP contribution in [0.4, 0.5) is 8.78 Å². The van der Waals surface area contributed by atoms with Crippen LogP contribution in [-0.4, -0.2) is 12.3 Å². The van der Waals surface area contributed by atoms with Gasteiger partial charge in [0.25, 0.3) is 0 Å². The smallest absolute Gasteiger partial charge is 0.210 e. The van der Waals surface area contributed by atoms with Crippen molar-refractivity contribution in [1.29, 1.82) is 0 Å². The molecule has 4 atom stereocenters. The van der Waals surface area contributed by atoms with Gasteiger partial charge in [0, 0.05) is 11.8 Å². The molecule has 2 aliphatic carbocycles. The van der Waals surface area contributed by atoms with Crippen LogP contribution in [0.1, 0.15) is 51.4 Å². The zero-order chi connectivity index (χ0) is 12.3. The molecular formula is C14H23ClF2. The van der Waals surface area contributed by atoms with Crippen LogP contribution in [-0.2, 0) is 0 Å². The lowest BCUT2D eigenvalue weighted by molar-refractivity contribution is 0.0200. The highest BCUT2D eigenvalue weighted by atomic mass is 35.5. The molecule has 0 spiro atoms. The molecule has 0 aromatic carbocycles. The molecule has 2 fully saturated rings. The molecule has 0 bridgehead atoms. The Morgan fingerprint density at radius 1 is 1.00 bits per heavy atom. The van der Waals surface area contributed by atoms with Gasteiger partial charge >= 0.3 is 0 Å². The summed E-state index contributed by atoms with van der Waals surface area (Å²) in [4.78, 5) is 0. The van der Waals surface area contributed by atoms with Gasteiger partial charge in [0.05, 0.1) is 0 Å². The summed E-state index contributed by atoms with van der Waals surface area (Å²) in [5.74, 6) is 2.12. The Morgan fingerprint density at radius 3 is 2.47 bits per heavy atom. The van der Waals surface area contributed by atoms with Gasteiger partial charge in [-0.25, -0.2) is 8.78 Å². The molecule has 0 radical (unpaired) electrons. The van der Waals surface area contributed by atoms with Crippen molar-refractivity contribution >= 4 is 11.6 Å². The lowest BCUT2D eigenvalue weighted by Gasteiger charge is -2.40. The molecule has 4 unspecified atom stereocenters. The minimum atomic E-state index is -2.11. The first-order valence-electron chi connectivity index (χ1n) is 7.06. The highest BCUT2D eigenvalue weighted by molar-refractivity contribution is 6.18. The molecule has 0 heterocycles. The molecule has 0 saturated heterocycles. The highest BCUT2D eigenvalue weighted by Gasteiger charge is 2.36. The van der Waals surface area contributed by atoms with Crippen molar-refractivity contribution < 1.29 is 8.78 Å². The topological polar surface area (TPSA) is 0 Å². The van der Waals surface area contributed by atoms with Crippen LogP contribution < -0.4 is 0 Å². The molecule has 0 N–H and O–H groups in total. The average molecular weight is 265 g/mol. The maximum absolute atomic E-state index is 12.8. The highest BCUT2D eigenvalue weighted by Crippen LogP contribution is 2.44. The van der Waals surface area contributed by atoms with Crippen LogP contribution in [0.25, 0.3) is 0 Å². The summed E-state index contributed by atoms with van der Waals surface area (Å²) in [6.45, 7) is 0. The molecule has 0 aliphatic heterocycles. The molecule has 0 nitrogen and oxygen atoms in total. The van der Waals surface area contributed by atoms with Crippen LogP contribution in [0, 0.1) is 23.7 Å². The Bertz CT molecular complexity index is 232. The predicted molar refractivity (Wildman–Crippen MR) is 67.6 cm³/mol. The summed E-state index contributed by atoms with van der Waals surface area (Å²) in [5, 5.41) is 0. The van der Waals surface area contributed by atoms with E-state index in [0.29, 0.717) is 17.8 Å². The SMILES string of the molecule is FC(F)C1CCCC(C2CCCCC2CCl)C1. The van der Waals surface area contributed by atoms with Gasteiger partial charge in [0.2, 0.25) is 6.43 Å². The van der Waals surface area contributed by atoms with Crippen molar-refractivity contribution in [3.05, 3.63) is 0 Å². The lowest BCUT2D eigenvalue weighted by Crippen LogP contribution is -2.33. The van der Waals surface area contributed by atoms with Crippen LogP contribution in [0.2, 0.25) is 0 Å². The van der Waals surface area contributed by atoms with Crippen molar-refractivity contribution in [2.24, 2.45) is 23.7 Å². The average Bonchev–Trinajstić information content (AvgIpc) is 2.39. The molecule has 0 aromatic rings. The number of hydrogen-bond acceptors (Lipinski definition) is 0. The molecule has 2 aliphatic rings. The summed E-state index contributed by atoms with van der Waals surface area (Å²) in [6.07, 6.45) is 6.49. The first-order chi connectivity index (χ1) is 8.22. The van der Waals surface area contributed by atoms with Crippen molar-refractivity contribution in [2.45, 2.75) is 57.8 Å². The fourth-order valence-electron chi connectivity index (χ4n) is 3.93. The predicted octanol–water partition coefficient (Wildman–Crippen LogP) is 5.10. The van der Waals surface area contributed by atoms with E-state index in [-0.39, 0.29) is 5.92 Å². The van der Waals surface area contributed by atoms with E-state index in [1.54, 1.807) is 0 Å². The maximum atomic E-state index is 12.8. The molecule has 0 aromatic heterocycles. The molecule has 100 valence electrons. The van der Waals surface area contributed by atoms with E-state index in [2.05, 4.69) is 0 Å². The van der Waals surface area contributed by atoms with E-state index in [9.17, 15) is 8.78 Å². The zero-order valence-electron chi connectivity index (χ0n) is 10.4. The zero-order valence-corrected chi connectivity index (χ0v) is 11.1. The number of alkyl halides is 3. The number of hydrogen-bond donors (Lipinski definition) is 0. The summed E-state index contributed by atoms with van der Waals surface area (Å²) in [6, 6.07) is 0. The van der Waals surface area contributed by atoms with E-state index in [4.69, 9.17) is 11.6 Å². The standard InChI is InChI=1S/C14H23ClF2/c15-9-12-4-1-2-7-13(12)10-5-3-6-11(8-10)14(16)17/h10-14H,1-9H2. The first-order valence-corrected chi connectivity index (χ1v) is 7.60.